The first-order valence-corrected chi connectivity index (χ1v) is 7.76. The van der Waals surface area contributed by atoms with Gasteiger partial charge in [0.1, 0.15) is 5.82 Å². The van der Waals surface area contributed by atoms with Crippen molar-refractivity contribution in [2.24, 2.45) is 5.92 Å². The fraction of sp³-hybridized carbons (Fsp3) is 0.538. The van der Waals surface area contributed by atoms with Crippen LogP contribution in [0.2, 0.25) is 0 Å². The van der Waals surface area contributed by atoms with Gasteiger partial charge >= 0.3 is 0 Å². The molecule has 1 aromatic carbocycles. The zero-order valence-corrected chi connectivity index (χ0v) is 11.7. The van der Waals surface area contributed by atoms with E-state index in [0.29, 0.717) is 18.7 Å². The lowest BCUT2D eigenvalue weighted by Gasteiger charge is -2.31. The summed E-state index contributed by atoms with van der Waals surface area (Å²) in [6, 6.07) is 3.69. The van der Waals surface area contributed by atoms with E-state index in [0.717, 1.165) is 18.9 Å². The van der Waals surface area contributed by atoms with Crippen molar-refractivity contribution in [2.75, 3.05) is 19.7 Å². The molecule has 1 aliphatic heterocycles. The molecular formula is C13H18FNO3S. The van der Waals surface area contributed by atoms with Gasteiger partial charge in [0, 0.05) is 19.7 Å². The molecule has 106 valence electrons. The average Bonchev–Trinajstić information content (AvgIpc) is 2.38. The van der Waals surface area contributed by atoms with E-state index in [1.54, 1.807) is 6.92 Å². The molecule has 2 rings (SSSR count). The Morgan fingerprint density at radius 1 is 1.47 bits per heavy atom. The molecule has 1 atom stereocenters. The van der Waals surface area contributed by atoms with Crippen LogP contribution in [0.25, 0.3) is 0 Å². The smallest absolute Gasteiger partial charge is 0.243 e. The van der Waals surface area contributed by atoms with E-state index in [1.807, 2.05) is 0 Å². The molecule has 0 aromatic heterocycles. The van der Waals surface area contributed by atoms with E-state index in [2.05, 4.69) is 0 Å². The summed E-state index contributed by atoms with van der Waals surface area (Å²) >= 11 is 0. The molecule has 4 nitrogen and oxygen atoms in total. The normalized spacial score (nSPS) is 21.5. The SMILES string of the molecule is Cc1cc(F)ccc1S(=O)(=O)N1CCCC(CO)C1. The quantitative estimate of drug-likeness (QED) is 0.917. The summed E-state index contributed by atoms with van der Waals surface area (Å²) < 4.78 is 39.4. The second-order valence-electron chi connectivity index (χ2n) is 4.96. The third-order valence-electron chi connectivity index (χ3n) is 3.49. The molecule has 1 saturated heterocycles. The summed E-state index contributed by atoms with van der Waals surface area (Å²) in [4.78, 5) is 0.146. The van der Waals surface area contributed by atoms with Crippen LogP contribution in [0.15, 0.2) is 23.1 Å². The minimum absolute atomic E-state index is 0.00554. The van der Waals surface area contributed by atoms with Crippen LogP contribution in [-0.2, 0) is 10.0 Å². The maximum absolute atomic E-state index is 13.1. The minimum atomic E-state index is -3.60. The Morgan fingerprint density at radius 3 is 2.84 bits per heavy atom. The lowest BCUT2D eigenvalue weighted by atomic mass is 10.0. The third kappa shape index (κ3) is 2.96. The van der Waals surface area contributed by atoms with Gasteiger partial charge in [-0.3, -0.25) is 0 Å². The van der Waals surface area contributed by atoms with Crippen molar-refractivity contribution in [3.8, 4) is 0 Å². The molecule has 0 radical (unpaired) electrons. The van der Waals surface area contributed by atoms with E-state index < -0.39 is 15.8 Å². The summed E-state index contributed by atoms with van der Waals surface area (Å²) in [7, 11) is -3.60. The number of piperidine rings is 1. The van der Waals surface area contributed by atoms with Crippen molar-refractivity contribution in [3.05, 3.63) is 29.6 Å². The number of aryl methyl sites for hydroxylation is 1. The van der Waals surface area contributed by atoms with Crippen molar-refractivity contribution in [3.63, 3.8) is 0 Å². The monoisotopic (exact) mass is 287 g/mol. The van der Waals surface area contributed by atoms with Gasteiger partial charge in [0.05, 0.1) is 4.90 Å². The molecule has 0 amide bonds. The summed E-state index contributed by atoms with van der Waals surface area (Å²) in [6.07, 6.45) is 1.58. The van der Waals surface area contributed by atoms with Crippen molar-refractivity contribution >= 4 is 10.0 Å². The molecule has 1 aromatic rings. The fourth-order valence-electron chi connectivity index (χ4n) is 2.44. The van der Waals surface area contributed by atoms with E-state index in [-0.39, 0.29) is 17.4 Å². The standard InChI is InChI=1S/C13H18FNO3S/c1-10-7-12(14)4-5-13(10)19(17,18)15-6-2-3-11(8-15)9-16/h4-5,7,11,16H,2-3,6,8-9H2,1H3. The summed E-state index contributed by atoms with van der Waals surface area (Å²) in [5.74, 6) is -0.451. The Morgan fingerprint density at radius 2 is 2.21 bits per heavy atom. The Labute approximate surface area is 112 Å². The highest BCUT2D eigenvalue weighted by molar-refractivity contribution is 7.89. The number of aliphatic hydroxyl groups is 1. The Bertz CT molecular complexity index is 559. The molecule has 1 aliphatic rings. The van der Waals surface area contributed by atoms with Crippen molar-refractivity contribution in [1.82, 2.24) is 4.31 Å². The molecule has 1 unspecified atom stereocenters. The lowest BCUT2D eigenvalue weighted by Crippen LogP contribution is -2.41. The predicted molar refractivity (Wildman–Crippen MR) is 69.7 cm³/mol. The number of benzene rings is 1. The third-order valence-corrected chi connectivity index (χ3v) is 5.52. The average molecular weight is 287 g/mol. The molecule has 1 heterocycles. The number of aliphatic hydroxyl groups excluding tert-OH is 1. The highest BCUT2D eigenvalue weighted by atomic mass is 32.2. The van der Waals surface area contributed by atoms with E-state index in [9.17, 15) is 12.8 Å². The first-order valence-electron chi connectivity index (χ1n) is 6.32. The number of nitrogens with zero attached hydrogens (tertiary/aromatic N) is 1. The van der Waals surface area contributed by atoms with E-state index in [4.69, 9.17) is 5.11 Å². The number of rotatable bonds is 3. The summed E-state index contributed by atoms with van der Waals surface area (Å²) in [6.45, 7) is 2.36. The van der Waals surface area contributed by atoms with Crippen LogP contribution < -0.4 is 0 Å². The topological polar surface area (TPSA) is 57.6 Å². The second kappa shape index (κ2) is 5.56. The molecule has 0 saturated carbocycles. The van der Waals surface area contributed by atoms with Crippen LogP contribution in [0.5, 0.6) is 0 Å². The molecule has 1 fully saturated rings. The molecule has 19 heavy (non-hydrogen) atoms. The van der Waals surface area contributed by atoms with E-state index >= 15 is 0 Å². The van der Waals surface area contributed by atoms with Gasteiger partial charge in [-0.25, -0.2) is 12.8 Å². The second-order valence-corrected chi connectivity index (χ2v) is 6.87. The van der Waals surface area contributed by atoms with Gasteiger partial charge in [-0.1, -0.05) is 0 Å². The van der Waals surface area contributed by atoms with Gasteiger partial charge in [0.25, 0.3) is 0 Å². The van der Waals surface area contributed by atoms with Crippen LogP contribution in [0.1, 0.15) is 18.4 Å². The highest BCUT2D eigenvalue weighted by Crippen LogP contribution is 2.25. The van der Waals surface area contributed by atoms with Crippen molar-refractivity contribution in [2.45, 2.75) is 24.7 Å². The molecule has 0 bridgehead atoms. The predicted octanol–water partition coefficient (Wildman–Crippen LogP) is 1.53. The van der Waals surface area contributed by atoms with E-state index in [1.165, 1.54) is 16.4 Å². The summed E-state index contributed by atoms with van der Waals surface area (Å²) in [5, 5.41) is 9.17. The summed E-state index contributed by atoms with van der Waals surface area (Å²) in [5.41, 5.74) is 0.408. The van der Waals surface area contributed by atoms with Crippen LogP contribution in [0, 0.1) is 18.7 Å². The van der Waals surface area contributed by atoms with Gasteiger partial charge in [-0.15, -0.1) is 0 Å². The molecular weight excluding hydrogens is 269 g/mol. The zero-order valence-electron chi connectivity index (χ0n) is 10.8. The minimum Gasteiger partial charge on any atom is -0.396 e. The van der Waals surface area contributed by atoms with Gasteiger partial charge in [0.15, 0.2) is 0 Å². The zero-order chi connectivity index (χ0) is 14.0. The number of hydrogen-bond acceptors (Lipinski definition) is 3. The number of sulfonamides is 1. The van der Waals surface area contributed by atoms with Gasteiger partial charge < -0.3 is 5.11 Å². The maximum atomic E-state index is 13.1. The molecule has 1 N–H and O–H groups in total. The fourth-order valence-corrected chi connectivity index (χ4v) is 4.20. The van der Waals surface area contributed by atoms with Gasteiger partial charge in [-0.2, -0.15) is 4.31 Å². The first-order chi connectivity index (χ1) is 8.95. The number of halogens is 1. The van der Waals surface area contributed by atoms with Crippen LogP contribution in [-0.4, -0.2) is 37.5 Å². The maximum Gasteiger partial charge on any atom is 0.243 e. The Hall–Kier alpha value is -0.980. The molecule has 0 spiro atoms. The Balaban J connectivity index is 2.31. The van der Waals surface area contributed by atoms with Crippen molar-refractivity contribution in [1.29, 1.82) is 0 Å². The van der Waals surface area contributed by atoms with Crippen LogP contribution >= 0.6 is 0 Å². The largest absolute Gasteiger partial charge is 0.396 e. The Kier molecular flexibility index (Phi) is 4.23. The van der Waals surface area contributed by atoms with Crippen LogP contribution in [0.4, 0.5) is 4.39 Å². The first kappa shape index (κ1) is 14.4. The van der Waals surface area contributed by atoms with Gasteiger partial charge in [0.2, 0.25) is 10.0 Å². The lowest BCUT2D eigenvalue weighted by molar-refractivity contribution is 0.165. The molecule has 6 heteroatoms. The number of hydrogen-bond donors (Lipinski definition) is 1. The molecule has 0 aliphatic carbocycles. The van der Waals surface area contributed by atoms with Crippen LogP contribution in [0.3, 0.4) is 0 Å². The highest BCUT2D eigenvalue weighted by Gasteiger charge is 2.30. The van der Waals surface area contributed by atoms with Gasteiger partial charge in [-0.05, 0) is 49.4 Å². The van der Waals surface area contributed by atoms with Crippen molar-refractivity contribution < 1.29 is 17.9 Å².